The predicted molar refractivity (Wildman–Crippen MR) is 150 cm³/mol. The molecule has 0 fully saturated rings. The fourth-order valence-corrected chi connectivity index (χ4v) is 4.41. The third-order valence-electron chi connectivity index (χ3n) is 5.30. The first-order chi connectivity index (χ1) is 18.0. The van der Waals surface area contributed by atoms with E-state index in [0.717, 1.165) is 16.5 Å². The molecule has 4 rings (SSSR count). The Bertz CT molecular complexity index is 1460. The summed E-state index contributed by atoms with van der Waals surface area (Å²) >= 11 is 2.08. The number of hydrogen-bond acceptors (Lipinski definition) is 7. The van der Waals surface area contributed by atoms with Crippen LogP contribution >= 0.6 is 22.6 Å². The van der Waals surface area contributed by atoms with Gasteiger partial charge in [0.1, 0.15) is 0 Å². The van der Waals surface area contributed by atoms with E-state index >= 15 is 0 Å². The van der Waals surface area contributed by atoms with Crippen LogP contribution in [0.3, 0.4) is 0 Å². The zero-order valence-electron chi connectivity index (χ0n) is 20.2. The van der Waals surface area contributed by atoms with Crippen molar-refractivity contribution < 1.29 is 23.8 Å². The van der Waals surface area contributed by atoms with Gasteiger partial charge in [0.05, 0.1) is 40.3 Å². The van der Waals surface area contributed by atoms with Crippen LogP contribution in [0, 0.1) is 3.57 Å². The van der Waals surface area contributed by atoms with Crippen LogP contribution in [0.1, 0.15) is 22.8 Å². The minimum absolute atomic E-state index is 0.228. The molecule has 4 aromatic rings. The second-order valence-corrected chi connectivity index (χ2v) is 8.93. The number of aromatic nitrogens is 1. The highest BCUT2D eigenvalue weighted by Gasteiger charge is 2.15. The summed E-state index contributed by atoms with van der Waals surface area (Å²) in [6, 6.07) is 22.5. The first kappa shape index (κ1) is 26.1. The van der Waals surface area contributed by atoms with E-state index in [2.05, 4.69) is 33.1 Å². The van der Waals surface area contributed by atoms with Crippen LogP contribution in [-0.4, -0.2) is 43.4 Å². The molecule has 1 amide bonds. The molecular formula is C28H24IN3O5. The Morgan fingerprint density at radius 2 is 1.81 bits per heavy atom. The van der Waals surface area contributed by atoms with E-state index in [0.29, 0.717) is 31.9 Å². The number of halogens is 1. The van der Waals surface area contributed by atoms with E-state index in [-0.39, 0.29) is 19.1 Å². The largest absolute Gasteiger partial charge is 0.493 e. The standard InChI is InChI=1S/C28H24IN3O5/c1-3-36-26(33)17-37-27-22(29)13-18(14-25(27)35-2)16-30-32-28(34)21-15-24(19-9-5-4-6-10-19)31-23-12-8-7-11-20(21)23/h4-16H,3,17H2,1-2H3,(H,32,34)/b30-16+. The van der Waals surface area contributed by atoms with Gasteiger partial charge >= 0.3 is 5.97 Å². The number of amides is 1. The normalized spacial score (nSPS) is 10.9. The maximum Gasteiger partial charge on any atom is 0.344 e. The number of nitrogens with one attached hydrogen (secondary N) is 1. The minimum Gasteiger partial charge on any atom is -0.493 e. The lowest BCUT2D eigenvalue weighted by atomic mass is 10.0. The predicted octanol–water partition coefficient (Wildman–Crippen LogP) is 5.22. The molecule has 37 heavy (non-hydrogen) atoms. The first-order valence-electron chi connectivity index (χ1n) is 11.4. The smallest absolute Gasteiger partial charge is 0.344 e. The molecule has 3 aromatic carbocycles. The van der Waals surface area contributed by atoms with Gasteiger partial charge in [-0.3, -0.25) is 4.79 Å². The number of rotatable bonds is 9. The van der Waals surface area contributed by atoms with Crippen LogP contribution in [0.4, 0.5) is 0 Å². The highest BCUT2D eigenvalue weighted by atomic mass is 127. The SMILES string of the molecule is CCOC(=O)COc1c(I)cc(/C=N/NC(=O)c2cc(-c3ccccc3)nc3ccccc23)cc1OC. The van der Waals surface area contributed by atoms with Gasteiger partial charge < -0.3 is 14.2 Å². The van der Waals surface area contributed by atoms with Crippen molar-refractivity contribution in [3.05, 3.63) is 87.5 Å². The number of ether oxygens (including phenoxy) is 3. The van der Waals surface area contributed by atoms with E-state index < -0.39 is 5.97 Å². The number of benzene rings is 3. The molecule has 1 aromatic heterocycles. The van der Waals surface area contributed by atoms with E-state index in [1.807, 2.05) is 54.6 Å². The average Bonchev–Trinajstić information content (AvgIpc) is 2.92. The fourth-order valence-electron chi connectivity index (χ4n) is 3.63. The van der Waals surface area contributed by atoms with Gasteiger partial charge in [-0.25, -0.2) is 15.2 Å². The maximum atomic E-state index is 13.1. The van der Waals surface area contributed by atoms with Crippen LogP contribution in [0.2, 0.25) is 0 Å². The van der Waals surface area contributed by atoms with Gasteiger partial charge in [0.25, 0.3) is 5.91 Å². The number of nitrogens with zero attached hydrogens (tertiary/aromatic N) is 2. The summed E-state index contributed by atoms with van der Waals surface area (Å²) in [5, 5.41) is 4.88. The summed E-state index contributed by atoms with van der Waals surface area (Å²) in [4.78, 5) is 29.5. The van der Waals surface area contributed by atoms with Gasteiger partial charge in [0.15, 0.2) is 18.1 Å². The third-order valence-corrected chi connectivity index (χ3v) is 6.10. The van der Waals surface area contributed by atoms with E-state index in [1.54, 1.807) is 25.1 Å². The monoisotopic (exact) mass is 609 g/mol. The van der Waals surface area contributed by atoms with Crippen LogP contribution in [0.5, 0.6) is 11.5 Å². The molecule has 1 heterocycles. The van der Waals surface area contributed by atoms with Crippen LogP contribution < -0.4 is 14.9 Å². The number of fused-ring (bicyclic) bond motifs is 1. The van der Waals surface area contributed by atoms with Crippen molar-refractivity contribution in [2.24, 2.45) is 5.10 Å². The Hall–Kier alpha value is -3.99. The lowest BCUT2D eigenvalue weighted by Crippen LogP contribution is -2.18. The van der Waals surface area contributed by atoms with Crippen LogP contribution in [-0.2, 0) is 9.53 Å². The molecule has 1 N–H and O–H groups in total. The Kier molecular flexibility index (Phi) is 8.68. The summed E-state index contributed by atoms with van der Waals surface area (Å²) in [7, 11) is 1.50. The average molecular weight is 609 g/mol. The second-order valence-electron chi connectivity index (χ2n) is 7.77. The highest BCUT2D eigenvalue weighted by Crippen LogP contribution is 2.33. The molecule has 9 heteroatoms. The molecule has 0 aliphatic heterocycles. The highest BCUT2D eigenvalue weighted by molar-refractivity contribution is 14.1. The number of methoxy groups -OCH3 is 1. The van der Waals surface area contributed by atoms with E-state index in [4.69, 9.17) is 19.2 Å². The van der Waals surface area contributed by atoms with Gasteiger partial charge in [-0.2, -0.15) is 5.10 Å². The van der Waals surface area contributed by atoms with Crippen molar-refractivity contribution >= 4 is 51.6 Å². The summed E-state index contributed by atoms with van der Waals surface area (Å²) in [6.07, 6.45) is 1.51. The molecule has 0 radical (unpaired) electrons. The van der Waals surface area contributed by atoms with E-state index in [9.17, 15) is 9.59 Å². The third kappa shape index (κ3) is 6.42. The Labute approximate surface area is 227 Å². The lowest BCUT2D eigenvalue weighted by Gasteiger charge is -2.13. The maximum absolute atomic E-state index is 13.1. The lowest BCUT2D eigenvalue weighted by molar-refractivity contribution is -0.145. The molecule has 0 atom stereocenters. The molecule has 0 saturated carbocycles. The van der Waals surface area contributed by atoms with Gasteiger partial charge in [0.2, 0.25) is 0 Å². The number of hydrogen-bond donors (Lipinski definition) is 1. The topological polar surface area (TPSA) is 99.1 Å². The first-order valence-corrected chi connectivity index (χ1v) is 12.5. The number of pyridine rings is 1. The van der Waals surface area contributed by atoms with Crippen molar-refractivity contribution in [3.63, 3.8) is 0 Å². The van der Waals surface area contributed by atoms with Crippen molar-refractivity contribution in [1.82, 2.24) is 10.4 Å². The van der Waals surface area contributed by atoms with Gasteiger partial charge in [-0.15, -0.1) is 0 Å². The molecule has 188 valence electrons. The Morgan fingerprint density at radius 3 is 2.57 bits per heavy atom. The molecule has 8 nitrogen and oxygen atoms in total. The minimum atomic E-state index is -0.465. The number of para-hydroxylation sites is 1. The van der Waals surface area contributed by atoms with Crippen molar-refractivity contribution in [2.45, 2.75) is 6.92 Å². The van der Waals surface area contributed by atoms with Crippen molar-refractivity contribution in [3.8, 4) is 22.8 Å². The zero-order valence-corrected chi connectivity index (χ0v) is 22.4. The number of carbonyl (C=O) groups excluding carboxylic acids is 2. The van der Waals surface area contributed by atoms with Gasteiger partial charge in [-0.1, -0.05) is 48.5 Å². The molecule has 0 aliphatic carbocycles. The van der Waals surface area contributed by atoms with Crippen molar-refractivity contribution in [1.29, 1.82) is 0 Å². The van der Waals surface area contributed by atoms with Gasteiger partial charge in [0, 0.05) is 10.9 Å². The second kappa shape index (κ2) is 12.3. The quantitative estimate of drug-likeness (QED) is 0.121. The van der Waals surface area contributed by atoms with E-state index in [1.165, 1.54) is 13.3 Å². The molecule has 0 aliphatic rings. The number of hydrazone groups is 1. The van der Waals surface area contributed by atoms with Crippen molar-refractivity contribution in [2.75, 3.05) is 20.3 Å². The van der Waals surface area contributed by atoms with Crippen LogP contribution in [0.25, 0.3) is 22.2 Å². The van der Waals surface area contributed by atoms with Gasteiger partial charge in [-0.05, 0) is 59.3 Å². The molecule has 0 bridgehead atoms. The molecule has 0 saturated heterocycles. The molecular weight excluding hydrogens is 585 g/mol. The molecule has 0 unspecified atom stereocenters. The zero-order chi connectivity index (χ0) is 26.2. The van der Waals surface area contributed by atoms with Crippen LogP contribution in [0.15, 0.2) is 77.9 Å². The molecule has 0 spiro atoms. The Morgan fingerprint density at radius 1 is 1.05 bits per heavy atom. The summed E-state index contributed by atoms with van der Waals surface area (Å²) in [5.74, 6) is 0.0292. The summed E-state index contributed by atoms with van der Waals surface area (Å²) in [6.45, 7) is 1.78. The summed E-state index contributed by atoms with van der Waals surface area (Å²) < 4.78 is 16.6. The summed E-state index contributed by atoms with van der Waals surface area (Å²) in [5.41, 5.74) is 6.09. The fraction of sp³-hybridized carbons (Fsp3) is 0.143. The Balaban J connectivity index is 1.55. The number of carbonyl (C=O) groups is 2. The number of esters is 1.